The monoisotopic (exact) mass is 136 g/mol. The number of hydrogen-bond acceptors (Lipinski definition) is 1. The molecule has 0 spiro atoms. The maximum absolute atomic E-state index is 12.4. The molecule has 2 rings (SSSR count). The Balaban J connectivity index is 2.88. The van der Waals surface area contributed by atoms with Gasteiger partial charge in [-0.1, -0.05) is 0 Å². The third-order valence-corrected chi connectivity index (χ3v) is 1.36. The number of aromatic amines is 1. The zero-order valence-electron chi connectivity index (χ0n) is 5.13. The summed E-state index contributed by atoms with van der Waals surface area (Å²) in [6.07, 6.45) is 1.63. The summed E-state index contributed by atoms with van der Waals surface area (Å²) in [6, 6.07) is 4.92. The van der Waals surface area contributed by atoms with Crippen molar-refractivity contribution >= 4 is 11.0 Å². The number of nitrogens with zero attached hydrogens (tertiary/aromatic N) is 1. The Kier molecular flexibility index (Phi) is 0.974. The maximum Gasteiger partial charge on any atom is 0.193 e. The van der Waals surface area contributed by atoms with E-state index in [1.54, 1.807) is 18.3 Å². The number of H-pyrrole nitrogens is 1. The molecule has 0 aliphatic carbocycles. The lowest BCUT2D eigenvalue weighted by Crippen LogP contribution is -1.69. The van der Waals surface area contributed by atoms with Crippen LogP contribution >= 0.6 is 0 Å². The van der Waals surface area contributed by atoms with Crippen molar-refractivity contribution in [2.24, 2.45) is 0 Å². The molecule has 0 atom stereocenters. The van der Waals surface area contributed by atoms with E-state index in [0.717, 1.165) is 5.52 Å². The van der Waals surface area contributed by atoms with E-state index in [2.05, 4.69) is 9.97 Å². The van der Waals surface area contributed by atoms with Gasteiger partial charge in [0.15, 0.2) is 5.95 Å². The molecule has 50 valence electrons. The minimum absolute atomic E-state index is 0.339. The predicted molar refractivity (Wildman–Crippen MR) is 36.1 cm³/mol. The van der Waals surface area contributed by atoms with Crippen molar-refractivity contribution in [3.8, 4) is 0 Å². The minimum Gasteiger partial charge on any atom is -0.330 e. The lowest BCUT2D eigenvalue weighted by Gasteiger charge is -1.82. The molecule has 0 aliphatic rings. The molecule has 0 fully saturated rings. The Morgan fingerprint density at radius 3 is 3.20 bits per heavy atom. The van der Waals surface area contributed by atoms with Gasteiger partial charge < -0.3 is 4.98 Å². The highest BCUT2D eigenvalue weighted by Crippen LogP contribution is 2.09. The summed E-state index contributed by atoms with van der Waals surface area (Å²) in [5.74, 6) is -0.339. The van der Waals surface area contributed by atoms with Gasteiger partial charge in [0, 0.05) is 12.3 Å². The van der Waals surface area contributed by atoms with Crippen molar-refractivity contribution in [3.05, 3.63) is 30.3 Å². The van der Waals surface area contributed by atoms with Crippen molar-refractivity contribution in [1.29, 1.82) is 0 Å². The molecule has 2 nitrogen and oxygen atoms in total. The van der Waals surface area contributed by atoms with Crippen LogP contribution in [-0.2, 0) is 0 Å². The predicted octanol–water partition coefficient (Wildman–Crippen LogP) is 1.70. The molecule has 0 amide bonds. The van der Waals surface area contributed by atoms with Crippen molar-refractivity contribution in [3.63, 3.8) is 0 Å². The number of pyridine rings is 1. The van der Waals surface area contributed by atoms with Gasteiger partial charge in [-0.15, -0.1) is 0 Å². The van der Waals surface area contributed by atoms with E-state index in [1.165, 1.54) is 6.07 Å². The van der Waals surface area contributed by atoms with E-state index in [9.17, 15) is 4.39 Å². The zero-order chi connectivity index (χ0) is 6.97. The van der Waals surface area contributed by atoms with Crippen LogP contribution in [0.15, 0.2) is 24.4 Å². The molecule has 3 heteroatoms. The highest BCUT2D eigenvalue weighted by molar-refractivity contribution is 5.74. The summed E-state index contributed by atoms with van der Waals surface area (Å²) in [7, 11) is 0. The summed E-state index contributed by atoms with van der Waals surface area (Å²) in [5.41, 5.74) is 1.40. The molecule has 2 aromatic rings. The molecule has 0 saturated carbocycles. The summed E-state index contributed by atoms with van der Waals surface area (Å²) in [4.78, 5) is 6.46. The second kappa shape index (κ2) is 1.80. The van der Waals surface area contributed by atoms with Gasteiger partial charge in [-0.25, -0.2) is 0 Å². The van der Waals surface area contributed by atoms with Crippen LogP contribution in [0.2, 0.25) is 0 Å². The minimum atomic E-state index is -0.339. The topological polar surface area (TPSA) is 28.7 Å². The summed E-state index contributed by atoms with van der Waals surface area (Å²) < 4.78 is 12.4. The first-order valence-electron chi connectivity index (χ1n) is 2.95. The average molecular weight is 136 g/mol. The quantitative estimate of drug-likeness (QED) is 0.586. The second-order valence-electron chi connectivity index (χ2n) is 2.05. The summed E-state index contributed by atoms with van der Waals surface area (Å²) >= 11 is 0. The van der Waals surface area contributed by atoms with Crippen LogP contribution in [0.4, 0.5) is 4.39 Å². The molecule has 0 unspecified atom stereocenters. The summed E-state index contributed by atoms with van der Waals surface area (Å²) in [6.45, 7) is 0. The van der Waals surface area contributed by atoms with Crippen molar-refractivity contribution < 1.29 is 4.39 Å². The fraction of sp³-hybridized carbons (Fsp3) is 0. The fourth-order valence-corrected chi connectivity index (χ4v) is 0.923. The highest BCUT2D eigenvalue weighted by atomic mass is 19.1. The van der Waals surface area contributed by atoms with Crippen LogP contribution in [0.5, 0.6) is 0 Å². The lowest BCUT2D eigenvalue weighted by molar-refractivity contribution is 0.594. The highest BCUT2D eigenvalue weighted by Gasteiger charge is 1.96. The first kappa shape index (κ1) is 5.41. The van der Waals surface area contributed by atoms with Crippen LogP contribution < -0.4 is 0 Å². The molecule has 2 heterocycles. The van der Waals surface area contributed by atoms with E-state index in [1.807, 2.05) is 0 Å². The Bertz CT molecular complexity index is 320. The normalized spacial score (nSPS) is 10.5. The van der Waals surface area contributed by atoms with Gasteiger partial charge in [0.25, 0.3) is 0 Å². The van der Waals surface area contributed by atoms with Crippen LogP contribution in [-0.4, -0.2) is 9.97 Å². The Morgan fingerprint density at radius 1 is 1.50 bits per heavy atom. The molecule has 0 saturated heterocycles. The molecular weight excluding hydrogens is 131 g/mol. The largest absolute Gasteiger partial charge is 0.330 e. The van der Waals surface area contributed by atoms with E-state index < -0.39 is 0 Å². The molecule has 10 heavy (non-hydrogen) atoms. The first-order valence-corrected chi connectivity index (χ1v) is 2.95. The molecular formula is C7H5FN2. The Morgan fingerprint density at radius 2 is 2.40 bits per heavy atom. The SMILES string of the molecule is Fc1cc2ncccc2[nH]1. The van der Waals surface area contributed by atoms with Gasteiger partial charge in [-0.3, -0.25) is 4.98 Å². The Hall–Kier alpha value is -1.38. The first-order chi connectivity index (χ1) is 4.86. The van der Waals surface area contributed by atoms with E-state index in [4.69, 9.17) is 0 Å². The number of fused-ring (bicyclic) bond motifs is 1. The number of aromatic nitrogens is 2. The lowest BCUT2D eigenvalue weighted by atomic mass is 10.4. The summed E-state index contributed by atoms with van der Waals surface area (Å²) in [5, 5.41) is 0. The van der Waals surface area contributed by atoms with Crippen LogP contribution in [0.25, 0.3) is 11.0 Å². The third-order valence-electron chi connectivity index (χ3n) is 1.36. The second-order valence-corrected chi connectivity index (χ2v) is 2.05. The van der Waals surface area contributed by atoms with Gasteiger partial charge in [-0.05, 0) is 12.1 Å². The molecule has 2 aromatic heterocycles. The van der Waals surface area contributed by atoms with Crippen LogP contribution in [0.1, 0.15) is 0 Å². The van der Waals surface area contributed by atoms with Crippen molar-refractivity contribution in [1.82, 2.24) is 9.97 Å². The Labute approximate surface area is 56.7 Å². The van der Waals surface area contributed by atoms with Gasteiger partial charge in [0.1, 0.15) is 0 Å². The van der Waals surface area contributed by atoms with Crippen LogP contribution in [0, 0.1) is 5.95 Å². The standard InChI is InChI=1S/C7H5FN2/c8-7-4-6-5(10-7)2-1-3-9-6/h1-4,10H. The number of halogens is 1. The van der Waals surface area contributed by atoms with Gasteiger partial charge in [0.05, 0.1) is 11.0 Å². The molecule has 0 radical (unpaired) electrons. The third kappa shape index (κ3) is 0.673. The molecule has 0 aliphatic heterocycles. The van der Waals surface area contributed by atoms with E-state index in [-0.39, 0.29) is 5.95 Å². The van der Waals surface area contributed by atoms with Gasteiger partial charge in [-0.2, -0.15) is 4.39 Å². The van der Waals surface area contributed by atoms with Crippen molar-refractivity contribution in [2.75, 3.05) is 0 Å². The van der Waals surface area contributed by atoms with Crippen molar-refractivity contribution in [2.45, 2.75) is 0 Å². The van der Waals surface area contributed by atoms with Gasteiger partial charge in [0.2, 0.25) is 0 Å². The average Bonchev–Trinajstić information content (AvgIpc) is 2.27. The zero-order valence-corrected chi connectivity index (χ0v) is 5.13. The molecule has 0 bridgehead atoms. The van der Waals surface area contributed by atoms with E-state index in [0.29, 0.717) is 5.52 Å². The molecule has 1 N–H and O–H groups in total. The molecule has 0 aromatic carbocycles. The smallest absolute Gasteiger partial charge is 0.193 e. The number of rotatable bonds is 0. The van der Waals surface area contributed by atoms with Crippen LogP contribution in [0.3, 0.4) is 0 Å². The maximum atomic E-state index is 12.4. The van der Waals surface area contributed by atoms with E-state index >= 15 is 0 Å². The van der Waals surface area contributed by atoms with Gasteiger partial charge >= 0.3 is 0 Å². The fourth-order valence-electron chi connectivity index (χ4n) is 0.923. The number of hydrogen-bond donors (Lipinski definition) is 1. The number of nitrogens with one attached hydrogen (secondary N) is 1.